The molecule has 3 aromatic rings. The van der Waals surface area contributed by atoms with Gasteiger partial charge in [-0.1, -0.05) is 37.6 Å². The maximum atomic E-state index is 12.9. The maximum Gasteiger partial charge on any atom is 0.306 e. The van der Waals surface area contributed by atoms with Gasteiger partial charge in [-0.25, -0.2) is 4.98 Å². The summed E-state index contributed by atoms with van der Waals surface area (Å²) in [5, 5.41) is 11.0. The van der Waals surface area contributed by atoms with E-state index in [0.717, 1.165) is 18.4 Å². The van der Waals surface area contributed by atoms with Crippen molar-refractivity contribution >= 4 is 22.7 Å². The van der Waals surface area contributed by atoms with Gasteiger partial charge in [-0.05, 0) is 24.6 Å². The molecule has 1 aromatic heterocycles. The zero-order valence-corrected chi connectivity index (χ0v) is 16.7. The van der Waals surface area contributed by atoms with Crippen LogP contribution in [0.5, 0.6) is 0 Å². The van der Waals surface area contributed by atoms with Crippen LogP contribution in [-0.2, 0) is 29.1 Å². The normalized spacial score (nSPS) is 10.8. The zero-order valence-electron chi connectivity index (χ0n) is 16.7. The number of unbranched alkanes of at least 4 members (excludes halogenated alkanes) is 1. The van der Waals surface area contributed by atoms with E-state index in [9.17, 15) is 19.7 Å². The summed E-state index contributed by atoms with van der Waals surface area (Å²) in [5.41, 5.74) is 1.82. The van der Waals surface area contributed by atoms with Gasteiger partial charge in [-0.2, -0.15) is 0 Å². The van der Waals surface area contributed by atoms with E-state index in [1.807, 2.05) is 24.3 Å². The lowest BCUT2D eigenvalue weighted by molar-refractivity contribution is -0.385. The number of aromatic nitrogens is 2. The number of nitro benzene ring substituents is 1. The molecule has 0 saturated heterocycles. The molecule has 0 aliphatic heterocycles. The van der Waals surface area contributed by atoms with Crippen molar-refractivity contribution in [3.63, 3.8) is 0 Å². The number of para-hydroxylation sites is 3. The SMILES string of the molecule is CCCCn1c(=O)c(CCC(=O)OCc2ccccc2[N+](=O)[O-])nc2ccccc21. The second-order valence-electron chi connectivity index (χ2n) is 6.90. The van der Waals surface area contributed by atoms with Crippen molar-refractivity contribution in [2.24, 2.45) is 0 Å². The number of carbonyl (C=O) groups is 1. The summed E-state index contributed by atoms with van der Waals surface area (Å²) >= 11 is 0. The van der Waals surface area contributed by atoms with Gasteiger partial charge in [0.15, 0.2) is 0 Å². The lowest BCUT2D eigenvalue weighted by Crippen LogP contribution is -2.26. The van der Waals surface area contributed by atoms with Crippen molar-refractivity contribution in [1.29, 1.82) is 0 Å². The van der Waals surface area contributed by atoms with E-state index in [1.165, 1.54) is 6.07 Å². The highest BCUT2D eigenvalue weighted by Crippen LogP contribution is 2.19. The van der Waals surface area contributed by atoms with Crippen LogP contribution in [0.2, 0.25) is 0 Å². The number of rotatable bonds is 9. The molecule has 8 nitrogen and oxygen atoms in total. The second kappa shape index (κ2) is 9.78. The average Bonchev–Trinajstić information content (AvgIpc) is 2.76. The van der Waals surface area contributed by atoms with Gasteiger partial charge in [0.05, 0.1) is 27.9 Å². The molecule has 0 unspecified atom stereocenters. The molecule has 0 bridgehead atoms. The summed E-state index contributed by atoms with van der Waals surface area (Å²) in [6.07, 6.45) is 1.93. The predicted molar refractivity (Wildman–Crippen MR) is 112 cm³/mol. The zero-order chi connectivity index (χ0) is 21.5. The van der Waals surface area contributed by atoms with Gasteiger partial charge in [0.2, 0.25) is 0 Å². The van der Waals surface area contributed by atoms with Gasteiger partial charge in [0, 0.05) is 19.0 Å². The van der Waals surface area contributed by atoms with Crippen LogP contribution in [0.4, 0.5) is 5.69 Å². The highest BCUT2D eigenvalue weighted by molar-refractivity contribution is 5.75. The molecule has 0 radical (unpaired) electrons. The van der Waals surface area contributed by atoms with Crippen molar-refractivity contribution in [2.75, 3.05) is 0 Å². The van der Waals surface area contributed by atoms with Gasteiger partial charge in [-0.3, -0.25) is 19.7 Å². The van der Waals surface area contributed by atoms with Crippen LogP contribution in [0.1, 0.15) is 37.4 Å². The van der Waals surface area contributed by atoms with Crippen molar-refractivity contribution in [2.45, 2.75) is 45.8 Å². The summed E-state index contributed by atoms with van der Waals surface area (Å²) in [6, 6.07) is 13.5. The highest BCUT2D eigenvalue weighted by atomic mass is 16.6. The van der Waals surface area contributed by atoms with E-state index in [1.54, 1.807) is 22.8 Å². The number of aryl methyl sites for hydroxylation is 2. The molecule has 0 spiro atoms. The molecule has 0 saturated carbocycles. The van der Waals surface area contributed by atoms with Crippen LogP contribution in [-0.4, -0.2) is 20.4 Å². The van der Waals surface area contributed by atoms with Gasteiger partial charge >= 0.3 is 5.97 Å². The summed E-state index contributed by atoms with van der Waals surface area (Å²) < 4.78 is 6.89. The molecule has 156 valence electrons. The molecule has 8 heteroatoms. The molecular formula is C22H23N3O5. The maximum absolute atomic E-state index is 12.9. The number of ether oxygens (including phenoxy) is 1. The minimum atomic E-state index is -0.539. The fourth-order valence-electron chi connectivity index (χ4n) is 3.21. The van der Waals surface area contributed by atoms with E-state index in [0.29, 0.717) is 23.3 Å². The third-order valence-electron chi connectivity index (χ3n) is 4.80. The smallest absolute Gasteiger partial charge is 0.306 e. The monoisotopic (exact) mass is 409 g/mol. The fourth-order valence-corrected chi connectivity index (χ4v) is 3.21. The lowest BCUT2D eigenvalue weighted by Gasteiger charge is -2.12. The van der Waals surface area contributed by atoms with Crippen LogP contribution in [0.3, 0.4) is 0 Å². The summed E-state index contributed by atoms with van der Waals surface area (Å²) in [7, 11) is 0. The Balaban J connectivity index is 1.71. The van der Waals surface area contributed by atoms with Crippen LogP contribution in [0.25, 0.3) is 11.0 Å². The third-order valence-corrected chi connectivity index (χ3v) is 4.80. The van der Waals surface area contributed by atoms with E-state index in [-0.39, 0.29) is 30.7 Å². The second-order valence-corrected chi connectivity index (χ2v) is 6.90. The molecule has 1 heterocycles. The van der Waals surface area contributed by atoms with Crippen molar-refractivity contribution in [1.82, 2.24) is 9.55 Å². The van der Waals surface area contributed by atoms with E-state index in [2.05, 4.69) is 11.9 Å². The number of hydrogen-bond acceptors (Lipinski definition) is 6. The quantitative estimate of drug-likeness (QED) is 0.303. The van der Waals surface area contributed by atoms with E-state index in [4.69, 9.17) is 4.74 Å². The molecule has 0 N–H and O–H groups in total. The average molecular weight is 409 g/mol. The van der Waals surface area contributed by atoms with Crippen molar-refractivity contribution < 1.29 is 14.5 Å². The third kappa shape index (κ3) is 4.89. The number of carbonyl (C=O) groups excluding carboxylic acids is 1. The molecule has 0 atom stereocenters. The fraction of sp³-hybridized carbons (Fsp3) is 0.318. The molecule has 0 fully saturated rings. The summed E-state index contributed by atoms with van der Waals surface area (Å²) in [4.78, 5) is 40.0. The Kier molecular flexibility index (Phi) is 6.90. The van der Waals surface area contributed by atoms with Gasteiger partial charge in [0.1, 0.15) is 12.3 Å². The first-order valence-electron chi connectivity index (χ1n) is 9.87. The number of hydrogen-bond donors (Lipinski definition) is 0. The summed E-state index contributed by atoms with van der Waals surface area (Å²) in [6.45, 7) is 2.46. The molecule has 30 heavy (non-hydrogen) atoms. The highest BCUT2D eigenvalue weighted by Gasteiger charge is 2.16. The number of nitrogens with zero attached hydrogens (tertiary/aromatic N) is 3. The Morgan fingerprint density at radius 2 is 1.90 bits per heavy atom. The molecule has 0 aliphatic carbocycles. The number of fused-ring (bicyclic) bond motifs is 1. The number of nitro groups is 1. The predicted octanol–water partition coefficient (Wildman–Crippen LogP) is 3.78. The Morgan fingerprint density at radius 3 is 2.67 bits per heavy atom. The number of benzene rings is 2. The van der Waals surface area contributed by atoms with E-state index < -0.39 is 10.9 Å². The minimum Gasteiger partial charge on any atom is -0.461 e. The van der Waals surface area contributed by atoms with Crippen LogP contribution < -0.4 is 5.56 Å². The van der Waals surface area contributed by atoms with Crippen LogP contribution in [0, 0.1) is 10.1 Å². The number of esters is 1. The van der Waals surface area contributed by atoms with Crippen LogP contribution >= 0.6 is 0 Å². The topological polar surface area (TPSA) is 104 Å². The van der Waals surface area contributed by atoms with Gasteiger partial charge < -0.3 is 9.30 Å². The molecule has 2 aromatic carbocycles. The molecule has 0 aliphatic rings. The molecule has 0 amide bonds. The first kappa shape index (κ1) is 21.2. The minimum absolute atomic E-state index is 0.0327. The van der Waals surface area contributed by atoms with Gasteiger partial charge in [-0.15, -0.1) is 0 Å². The van der Waals surface area contributed by atoms with Gasteiger partial charge in [0.25, 0.3) is 11.2 Å². The Bertz CT molecular complexity index is 1120. The Hall–Kier alpha value is -3.55. The van der Waals surface area contributed by atoms with Crippen molar-refractivity contribution in [3.8, 4) is 0 Å². The molecular weight excluding hydrogens is 386 g/mol. The molecule has 3 rings (SSSR count). The Morgan fingerprint density at radius 1 is 1.17 bits per heavy atom. The lowest BCUT2D eigenvalue weighted by atomic mass is 10.2. The Labute approximate surface area is 173 Å². The first-order valence-corrected chi connectivity index (χ1v) is 9.87. The first-order chi connectivity index (χ1) is 14.5. The van der Waals surface area contributed by atoms with Crippen LogP contribution in [0.15, 0.2) is 53.3 Å². The standard InChI is InChI=1S/C22H23N3O5/c1-2-3-14-24-20-11-7-5-9-17(20)23-18(22(24)27)12-13-21(26)30-15-16-8-4-6-10-19(16)25(28)29/h4-11H,2-3,12-15H2,1H3. The largest absolute Gasteiger partial charge is 0.461 e. The van der Waals surface area contributed by atoms with Crippen molar-refractivity contribution in [3.05, 3.63) is 80.3 Å². The van der Waals surface area contributed by atoms with E-state index >= 15 is 0 Å². The summed E-state index contributed by atoms with van der Waals surface area (Å²) in [5.74, 6) is -0.539.